The van der Waals surface area contributed by atoms with E-state index in [-0.39, 0.29) is 31.8 Å². The molecule has 2 aromatic carbocycles. The number of amides is 1. The van der Waals surface area contributed by atoms with Crippen LogP contribution in [0.2, 0.25) is 0 Å². The molecule has 0 saturated heterocycles. The molecule has 5 rings (SSSR count). The number of carbonyl (C=O) groups is 1. The molecular weight excluding hydrogens is 423 g/mol. The van der Waals surface area contributed by atoms with Gasteiger partial charge in [-0.1, -0.05) is 35.5 Å². The fraction of sp³-hybridized carbons (Fsp3) is 0.273. The molecule has 1 N–H and O–H groups in total. The van der Waals surface area contributed by atoms with Gasteiger partial charge >= 0.3 is 6.18 Å². The Hall–Kier alpha value is -3.69. The zero-order valence-corrected chi connectivity index (χ0v) is 16.8. The molecule has 0 radical (unpaired) electrons. The fourth-order valence-electron chi connectivity index (χ4n) is 3.92. The van der Waals surface area contributed by atoms with Crippen LogP contribution >= 0.6 is 0 Å². The van der Waals surface area contributed by atoms with E-state index in [9.17, 15) is 18.0 Å². The summed E-state index contributed by atoms with van der Waals surface area (Å²) in [7, 11) is 0. The van der Waals surface area contributed by atoms with Crippen molar-refractivity contribution in [3.05, 3.63) is 65.7 Å². The van der Waals surface area contributed by atoms with Gasteiger partial charge in [-0.05, 0) is 24.6 Å². The summed E-state index contributed by atoms with van der Waals surface area (Å²) in [5, 5.41) is 15.4. The standard InChI is InChI=1S/C22H18F3N5O2/c23-22(24,25)15-7-9-18-27-28-19(30(18)12-15)11-26-21(31)14-6-8-17-16(10-14)20(32-29-17)13-4-2-1-3-5-13/h1-6,8,10,15H,7,9,11-12H2,(H,26,31). The summed E-state index contributed by atoms with van der Waals surface area (Å²) in [4.78, 5) is 12.7. The Kier molecular flexibility index (Phi) is 4.91. The Bertz CT molecular complexity index is 1280. The van der Waals surface area contributed by atoms with Gasteiger partial charge in [0, 0.05) is 24.1 Å². The average molecular weight is 441 g/mol. The number of rotatable bonds is 4. The molecule has 10 heteroatoms. The van der Waals surface area contributed by atoms with Gasteiger partial charge in [0.15, 0.2) is 11.6 Å². The molecule has 2 aromatic heterocycles. The van der Waals surface area contributed by atoms with Gasteiger partial charge in [-0.2, -0.15) is 13.2 Å². The Labute approximate surface area is 180 Å². The molecular formula is C22H18F3N5O2. The quantitative estimate of drug-likeness (QED) is 0.515. The molecule has 0 aliphatic carbocycles. The van der Waals surface area contributed by atoms with Gasteiger partial charge < -0.3 is 14.4 Å². The number of hydrogen-bond donors (Lipinski definition) is 1. The molecule has 0 fully saturated rings. The molecule has 1 unspecified atom stereocenters. The summed E-state index contributed by atoms with van der Waals surface area (Å²) in [5.74, 6) is -0.452. The monoisotopic (exact) mass is 441 g/mol. The van der Waals surface area contributed by atoms with Crippen LogP contribution in [0.3, 0.4) is 0 Å². The van der Waals surface area contributed by atoms with Crippen LogP contribution in [-0.2, 0) is 19.5 Å². The van der Waals surface area contributed by atoms with E-state index in [1.807, 2.05) is 30.3 Å². The molecule has 3 heterocycles. The predicted octanol–water partition coefficient (Wildman–Crippen LogP) is 4.14. The number of halogens is 3. The zero-order valence-electron chi connectivity index (χ0n) is 16.8. The summed E-state index contributed by atoms with van der Waals surface area (Å²) < 4.78 is 46.3. The van der Waals surface area contributed by atoms with Gasteiger partial charge in [-0.25, -0.2) is 0 Å². The maximum atomic E-state index is 13.1. The van der Waals surface area contributed by atoms with Crippen molar-refractivity contribution in [1.82, 2.24) is 25.2 Å². The molecule has 0 spiro atoms. The largest absolute Gasteiger partial charge is 0.393 e. The topological polar surface area (TPSA) is 85.8 Å². The molecule has 7 nitrogen and oxygen atoms in total. The lowest BCUT2D eigenvalue weighted by Gasteiger charge is -2.26. The van der Waals surface area contributed by atoms with Gasteiger partial charge in [0.05, 0.1) is 17.8 Å². The lowest BCUT2D eigenvalue weighted by atomic mass is 9.99. The highest BCUT2D eigenvalue weighted by Gasteiger charge is 2.42. The first-order valence-electron chi connectivity index (χ1n) is 10.1. The molecule has 1 aliphatic rings. The first-order valence-corrected chi connectivity index (χ1v) is 10.1. The highest BCUT2D eigenvalue weighted by Crippen LogP contribution is 2.34. The minimum atomic E-state index is -4.27. The summed E-state index contributed by atoms with van der Waals surface area (Å²) in [6.07, 6.45) is -4.07. The number of alkyl halides is 3. The summed E-state index contributed by atoms with van der Waals surface area (Å²) in [6.45, 7) is -0.256. The summed E-state index contributed by atoms with van der Waals surface area (Å²) >= 11 is 0. The Balaban J connectivity index is 1.34. The zero-order chi connectivity index (χ0) is 22.3. The summed E-state index contributed by atoms with van der Waals surface area (Å²) in [5.41, 5.74) is 1.83. The van der Waals surface area contributed by atoms with Crippen LogP contribution in [0.4, 0.5) is 13.2 Å². The number of nitrogens with one attached hydrogen (secondary N) is 1. The Morgan fingerprint density at radius 1 is 1.16 bits per heavy atom. The van der Waals surface area contributed by atoms with E-state index in [2.05, 4.69) is 20.7 Å². The predicted molar refractivity (Wildman–Crippen MR) is 109 cm³/mol. The maximum Gasteiger partial charge on any atom is 0.393 e. The molecule has 164 valence electrons. The van der Waals surface area contributed by atoms with Crippen molar-refractivity contribution in [2.45, 2.75) is 32.1 Å². The molecule has 1 atom stereocenters. The Morgan fingerprint density at radius 2 is 1.97 bits per heavy atom. The number of aromatic nitrogens is 4. The number of fused-ring (bicyclic) bond motifs is 2. The van der Waals surface area contributed by atoms with E-state index >= 15 is 0 Å². The van der Waals surface area contributed by atoms with Crippen LogP contribution in [-0.4, -0.2) is 32.0 Å². The molecule has 0 bridgehead atoms. The SMILES string of the molecule is O=C(NCc1nnc2n1CC(C(F)(F)F)CC2)c1ccc2noc(-c3ccccc3)c2c1. The molecule has 4 aromatic rings. The first kappa shape index (κ1) is 20.2. The van der Waals surface area contributed by atoms with Crippen molar-refractivity contribution in [2.24, 2.45) is 5.92 Å². The third-order valence-electron chi connectivity index (χ3n) is 5.67. The van der Waals surface area contributed by atoms with Crippen molar-refractivity contribution in [3.63, 3.8) is 0 Å². The lowest BCUT2D eigenvalue weighted by Crippen LogP contribution is -2.33. The second-order valence-corrected chi connectivity index (χ2v) is 7.71. The smallest absolute Gasteiger partial charge is 0.355 e. The van der Waals surface area contributed by atoms with Crippen LogP contribution in [0.5, 0.6) is 0 Å². The van der Waals surface area contributed by atoms with Gasteiger partial charge in [0.1, 0.15) is 11.3 Å². The second kappa shape index (κ2) is 7.77. The number of benzene rings is 2. The van der Waals surface area contributed by atoms with Gasteiger partial charge in [0.2, 0.25) is 0 Å². The average Bonchev–Trinajstić information content (AvgIpc) is 3.40. The van der Waals surface area contributed by atoms with E-state index in [1.54, 1.807) is 18.2 Å². The first-order chi connectivity index (χ1) is 15.4. The number of hydrogen-bond acceptors (Lipinski definition) is 5. The van der Waals surface area contributed by atoms with E-state index in [0.29, 0.717) is 33.9 Å². The van der Waals surface area contributed by atoms with Crippen molar-refractivity contribution in [2.75, 3.05) is 0 Å². The summed E-state index contributed by atoms with van der Waals surface area (Å²) in [6, 6.07) is 14.4. The van der Waals surface area contributed by atoms with Crippen LogP contribution in [0, 0.1) is 5.92 Å². The third-order valence-corrected chi connectivity index (χ3v) is 5.67. The Morgan fingerprint density at radius 3 is 2.75 bits per heavy atom. The van der Waals surface area contributed by atoms with Crippen molar-refractivity contribution >= 4 is 16.8 Å². The van der Waals surface area contributed by atoms with Crippen LogP contribution in [0.25, 0.3) is 22.2 Å². The molecule has 1 aliphatic heterocycles. The van der Waals surface area contributed by atoms with Crippen LogP contribution < -0.4 is 5.32 Å². The highest BCUT2D eigenvalue weighted by molar-refractivity contribution is 6.00. The van der Waals surface area contributed by atoms with Crippen LogP contribution in [0.1, 0.15) is 28.4 Å². The number of nitrogens with zero attached hydrogens (tertiary/aromatic N) is 4. The lowest BCUT2D eigenvalue weighted by molar-refractivity contribution is -0.182. The van der Waals surface area contributed by atoms with E-state index in [4.69, 9.17) is 4.52 Å². The van der Waals surface area contributed by atoms with Gasteiger partial charge in [-0.3, -0.25) is 4.79 Å². The highest BCUT2D eigenvalue weighted by atomic mass is 19.4. The molecule has 0 saturated carbocycles. The normalized spacial score (nSPS) is 16.2. The minimum absolute atomic E-state index is 0.00348. The fourth-order valence-corrected chi connectivity index (χ4v) is 3.92. The van der Waals surface area contributed by atoms with E-state index in [0.717, 1.165) is 5.56 Å². The van der Waals surface area contributed by atoms with Gasteiger partial charge in [-0.15, -0.1) is 10.2 Å². The number of carbonyl (C=O) groups excluding carboxylic acids is 1. The second-order valence-electron chi connectivity index (χ2n) is 7.71. The van der Waals surface area contributed by atoms with Crippen molar-refractivity contribution < 1.29 is 22.5 Å². The van der Waals surface area contributed by atoms with Crippen molar-refractivity contribution in [3.8, 4) is 11.3 Å². The van der Waals surface area contributed by atoms with E-state index in [1.165, 1.54) is 4.57 Å². The van der Waals surface area contributed by atoms with Gasteiger partial charge in [0.25, 0.3) is 5.91 Å². The molecule has 32 heavy (non-hydrogen) atoms. The van der Waals surface area contributed by atoms with Crippen LogP contribution in [0.15, 0.2) is 53.1 Å². The number of aryl methyl sites for hydroxylation is 1. The third kappa shape index (κ3) is 3.72. The molecule has 1 amide bonds. The van der Waals surface area contributed by atoms with Crippen molar-refractivity contribution in [1.29, 1.82) is 0 Å². The minimum Gasteiger partial charge on any atom is -0.355 e. The van der Waals surface area contributed by atoms with E-state index < -0.39 is 12.1 Å². The maximum absolute atomic E-state index is 13.1.